The molecule has 3 aromatic rings. The molecule has 0 aromatic heterocycles. The first-order chi connectivity index (χ1) is 18.5. The largest absolute Gasteiger partial charge is 0.508 e. The number of fused-ring (bicyclic) bond motifs is 1. The third kappa shape index (κ3) is 5.71. The molecule has 3 atom stereocenters. The van der Waals surface area contributed by atoms with Crippen molar-refractivity contribution in [1.29, 1.82) is 0 Å². The Morgan fingerprint density at radius 1 is 1.03 bits per heavy atom. The van der Waals surface area contributed by atoms with Gasteiger partial charge in [-0.2, -0.15) is 13.2 Å². The summed E-state index contributed by atoms with van der Waals surface area (Å²) in [7, 11) is 0. The normalized spacial score (nSPS) is 20.5. The van der Waals surface area contributed by atoms with Gasteiger partial charge >= 0.3 is 6.18 Å². The second kappa shape index (κ2) is 10.5. The van der Waals surface area contributed by atoms with Crippen LogP contribution in [0.1, 0.15) is 55.5 Å². The Morgan fingerprint density at radius 2 is 1.77 bits per heavy atom. The lowest BCUT2D eigenvalue weighted by Gasteiger charge is -2.31. The van der Waals surface area contributed by atoms with Crippen molar-refractivity contribution < 1.29 is 32.9 Å². The lowest BCUT2D eigenvalue weighted by atomic mass is 9.85. The van der Waals surface area contributed by atoms with Crippen LogP contribution in [0.3, 0.4) is 0 Å². The Morgan fingerprint density at radius 3 is 2.44 bits per heavy atom. The van der Waals surface area contributed by atoms with Crippen molar-refractivity contribution in [3.63, 3.8) is 0 Å². The van der Waals surface area contributed by atoms with E-state index in [4.69, 9.17) is 9.47 Å². The topological polar surface area (TPSA) is 62.2 Å². The van der Waals surface area contributed by atoms with Crippen molar-refractivity contribution in [2.45, 2.75) is 45.5 Å². The molecule has 1 unspecified atom stereocenters. The van der Waals surface area contributed by atoms with Crippen LogP contribution in [0.4, 0.5) is 13.2 Å². The van der Waals surface area contributed by atoms with Gasteiger partial charge in [0.25, 0.3) is 0 Å². The lowest BCUT2D eigenvalue weighted by molar-refractivity contribution is -0.137. The standard InChI is InChI=1S/C31H32F3NO4/c1-18-10-11-35(16-18)19(2)17-38-26-7-4-21(5-8-26)30-29(20(3)27-15-24(36)6-9-28(27)39-30)22-12-23(31(32,33)34)14-25(37)13-22/h4-9,12-15,18-19,30,36-37H,10-11,16-17H2,1-3H3/t18-,19+,30?/m1/s1. The first kappa shape index (κ1) is 26.9. The highest BCUT2D eigenvalue weighted by molar-refractivity contribution is 5.96. The average molecular weight is 540 g/mol. The van der Waals surface area contributed by atoms with Gasteiger partial charge in [0, 0.05) is 23.7 Å². The minimum Gasteiger partial charge on any atom is -0.508 e. The fourth-order valence-electron chi connectivity index (χ4n) is 5.40. The van der Waals surface area contributed by atoms with Crippen LogP contribution in [-0.2, 0) is 6.18 Å². The van der Waals surface area contributed by atoms with Gasteiger partial charge in [-0.25, -0.2) is 0 Å². The Kier molecular flexibility index (Phi) is 7.25. The van der Waals surface area contributed by atoms with E-state index < -0.39 is 23.6 Å². The molecule has 3 aromatic carbocycles. The summed E-state index contributed by atoms with van der Waals surface area (Å²) < 4.78 is 53.2. The number of aromatic hydroxyl groups is 2. The third-order valence-electron chi connectivity index (χ3n) is 7.59. The molecule has 2 heterocycles. The average Bonchev–Trinajstić information content (AvgIpc) is 3.33. The Balaban J connectivity index is 1.47. The van der Waals surface area contributed by atoms with Crippen LogP contribution in [0.2, 0.25) is 0 Å². The monoisotopic (exact) mass is 539 g/mol. The highest BCUT2D eigenvalue weighted by Crippen LogP contribution is 2.48. The van der Waals surface area contributed by atoms with Crippen molar-refractivity contribution in [3.8, 4) is 23.0 Å². The van der Waals surface area contributed by atoms with Gasteiger partial charge < -0.3 is 19.7 Å². The molecule has 2 aliphatic heterocycles. The maximum Gasteiger partial charge on any atom is 0.416 e. The van der Waals surface area contributed by atoms with Gasteiger partial charge in [-0.3, -0.25) is 4.90 Å². The first-order valence-corrected chi connectivity index (χ1v) is 13.1. The van der Waals surface area contributed by atoms with E-state index in [2.05, 4.69) is 18.7 Å². The molecule has 0 amide bonds. The predicted molar refractivity (Wildman–Crippen MR) is 144 cm³/mol. The first-order valence-electron chi connectivity index (χ1n) is 13.1. The zero-order valence-corrected chi connectivity index (χ0v) is 22.1. The molecule has 1 saturated heterocycles. The number of nitrogens with zero attached hydrogens (tertiary/aromatic N) is 1. The second-order valence-corrected chi connectivity index (χ2v) is 10.6. The maximum absolute atomic E-state index is 13.6. The van der Waals surface area contributed by atoms with E-state index in [0.29, 0.717) is 52.4 Å². The maximum atomic E-state index is 13.6. The van der Waals surface area contributed by atoms with Crippen LogP contribution < -0.4 is 9.47 Å². The number of rotatable bonds is 6. The molecule has 0 radical (unpaired) electrons. The Bertz CT molecular complexity index is 1380. The molecule has 0 saturated carbocycles. The van der Waals surface area contributed by atoms with Crippen LogP contribution in [0.5, 0.6) is 23.0 Å². The van der Waals surface area contributed by atoms with E-state index >= 15 is 0 Å². The lowest BCUT2D eigenvalue weighted by Crippen LogP contribution is -2.35. The van der Waals surface area contributed by atoms with Gasteiger partial charge in [-0.15, -0.1) is 0 Å². The van der Waals surface area contributed by atoms with Crippen molar-refractivity contribution in [3.05, 3.63) is 82.9 Å². The van der Waals surface area contributed by atoms with E-state index in [-0.39, 0.29) is 17.4 Å². The summed E-state index contributed by atoms with van der Waals surface area (Å²) in [5.41, 5.74) is 1.64. The minimum atomic E-state index is -4.63. The van der Waals surface area contributed by atoms with E-state index in [0.717, 1.165) is 19.2 Å². The number of alkyl halides is 3. The van der Waals surface area contributed by atoms with Gasteiger partial charge in [-0.1, -0.05) is 19.1 Å². The smallest absolute Gasteiger partial charge is 0.416 e. The second-order valence-electron chi connectivity index (χ2n) is 10.6. The highest BCUT2D eigenvalue weighted by Gasteiger charge is 2.34. The van der Waals surface area contributed by atoms with Gasteiger partial charge in [0.15, 0.2) is 0 Å². The van der Waals surface area contributed by atoms with Crippen LogP contribution in [-0.4, -0.2) is 40.9 Å². The van der Waals surface area contributed by atoms with Crippen molar-refractivity contribution in [2.75, 3.05) is 19.7 Å². The molecular weight excluding hydrogens is 507 g/mol. The number of hydrogen-bond donors (Lipinski definition) is 2. The summed E-state index contributed by atoms with van der Waals surface area (Å²) >= 11 is 0. The molecule has 39 heavy (non-hydrogen) atoms. The summed E-state index contributed by atoms with van der Waals surface area (Å²) in [5, 5.41) is 20.2. The summed E-state index contributed by atoms with van der Waals surface area (Å²) in [6, 6.07) is 15.3. The highest BCUT2D eigenvalue weighted by atomic mass is 19.4. The predicted octanol–water partition coefficient (Wildman–Crippen LogP) is 7.29. The molecule has 5 nitrogen and oxygen atoms in total. The molecule has 0 bridgehead atoms. The van der Waals surface area contributed by atoms with Crippen molar-refractivity contribution in [2.24, 2.45) is 5.92 Å². The molecule has 206 valence electrons. The minimum absolute atomic E-state index is 0.0144. The van der Waals surface area contributed by atoms with Gasteiger partial charge in [0.05, 0.1) is 5.56 Å². The van der Waals surface area contributed by atoms with E-state index in [1.807, 2.05) is 24.3 Å². The van der Waals surface area contributed by atoms with E-state index in [1.165, 1.54) is 24.6 Å². The molecule has 1 fully saturated rings. The van der Waals surface area contributed by atoms with Crippen molar-refractivity contribution >= 4 is 11.1 Å². The van der Waals surface area contributed by atoms with Crippen molar-refractivity contribution in [1.82, 2.24) is 4.90 Å². The molecule has 2 N–H and O–H groups in total. The zero-order valence-electron chi connectivity index (χ0n) is 22.1. The van der Waals surface area contributed by atoms with E-state index in [9.17, 15) is 23.4 Å². The van der Waals surface area contributed by atoms with Crippen LogP contribution in [0.25, 0.3) is 11.1 Å². The number of hydrogen-bond acceptors (Lipinski definition) is 5. The number of allylic oxidation sites excluding steroid dienone is 1. The number of benzene rings is 3. The molecule has 0 spiro atoms. The number of likely N-dealkylation sites (tertiary alicyclic amines) is 1. The van der Waals surface area contributed by atoms with Crippen LogP contribution in [0.15, 0.2) is 60.7 Å². The summed E-state index contributed by atoms with van der Waals surface area (Å²) in [6.45, 7) is 8.88. The quantitative estimate of drug-likeness (QED) is 0.345. The van der Waals surface area contributed by atoms with Gasteiger partial charge in [-0.05, 0) is 98.0 Å². The Labute approximate surface area is 226 Å². The molecule has 2 aliphatic rings. The number of phenolic OH excluding ortho intramolecular Hbond substituents is 2. The summed E-state index contributed by atoms with van der Waals surface area (Å²) in [4.78, 5) is 2.43. The number of phenols is 2. The Hall–Kier alpha value is -3.65. The number of halogens is 3. The molecule has 5 rings (SSSR count). The summed E-state index contributed by atoms with van der Waals surface area (Å²) in [5.74, 6) is 1.41. The van der Waals surface area contributed by atoms with Crippen LogP contribution >= 0.6 is 0 Å². The molecule has 8 heteroatoms. The molecule has 0 aliphatic carbocycles. The fourth-order valence-corrected chi connectivity index (χ4v) is 5.40. The van der Waals surface area contributed by atoms with E-state index in [1.54, 1.807) is 13.0 Å². The number of ether oxygens (including phenoxy) is 2. The SMILES string of the molecule is CC1=C(c2cc(O)cc(C(F)(F)F)c2)C(c2ccc(OC[C@H](C)N3CC[C@@H](C)C3)cc2)Oc2ccc(O)cc21. The van der Waals surface area contributed by atoms with Gasteiger partial charge in [0.2, 0.25) is 0 Å². The fraction of sp³-hybridized carbons (Fsp3) is 0.355. The summed E-state index contributed by atoms with van der Waals surface area (Å²) in [6.07, 6.45) is -4.18. The zero-order chi connectivity index (χ0) is 27.9. The third-order valence-corrected chi connectivity index (χ3v) is 7.59. The molecular formula is C31H32F3NO4. The van der Waals surface area contributed by atoms with Crippen LogP contribution in [0, 0.1) is 5.92 Å². The van der Waals surface area contributed by atoms with Gasteiger partial charge in [0.1, 0.15) is 35.7 Å².